The molecule has 0 N–H and O–H groups in total. The summed E-state index contributed by atoms with van der Waals surface area (Å²) >= 11 is 2.92. The maximum atomic E-state index is 14.3. The van der Waals surface area contributed by atoms with Gasteiger partial charge in [-0.05, 0) is 41.1 Å². The number of benzene rings is 1. The Balaban J connectivity index is 2.18. The minimum Gasteiger partial charge on any atom is -0.460 e. The summed E-state index contributed by atoms with van der Waals surface area (Å²) in [5, 5.41) is 0. The molecular formula is C19H22BrF3O3. The molecule has 0 saturated heterocycles. The Morgan fingerprint density at radius 3 is 2.23 bits per heavy atom. The SMILES string of the molecule is COCc1c(F)c(F)c(COC(=O)[C@@H]2[C@@H](C=C(C)C)C2(C)C)c(Br)c1F. The van der Waals surface area contributed by atoms with Crippen LogP contribution >= 0.6 is 15.9 Å². The van der Waals surface area contributed by atoms with Crippen LogP contribution in [0.15, 0.2) is 16.1 Å². The van der Waals surface area contributed by atoms with Crippen LogP contribution in [0.25, 0.3) is 0 Å². The summed E-state index contributed by atoms with van der Waals surface area (Å²) in [5.41, 5.74) is -0.0578. The molecule has 2 rings (SSSR count). The van der Waals surface area contributed by atoms with Gasteiger partial charge in [-0.25, -0.2) is 13.2 Å². The van der Waals surface area contributed by atoms with E-state index in [1.807, 2.05) is 33.8 Å². The molecule has 144 valence electrons. The van der Waals surface area contributed by atoms with E-state index in [1.54, 1.807) is 0 Å². The molecule has 0 unspecified atom stereocenters. The zero-order valence-corrected chi connectivity index (χ0v) is 17.0. The molecule has 0 amide bonds. The van der Waals surface area contributed by atoms with E-state index in [1.165, 1.54) is 7.11 Å². The van der Waals surface area contributed by atoms with Gasteiger partial charge in [0.2, 0.25) is 0 Å². The first-order valence-electron chi connectivity index (χ1n) is 8.18. The highest BCUT2D eigenvalue weighted by Gasteiger charge is 2.61. The van der Waals surface area contributed by atoms with Crippen molar-refractivity contribution in [3.63, 3.8) is 0 Å². The third-order valence-corrected chi connectivity index (χ3v) is 5.60. The molecule has 2 atom stereocenters. The number of allylic oxidation sites excluding steroid dienone is 2. The fraction of sp³-hybridized carbons (Fsp3) is 0.526. The van der Waals surface area contributed by atoms with Crippen LogP contribution in [0.2, 0.25) is 0 Å². The summed E-state index contributed by atoms with van der Waals surface area (Å²) in [6, 6.07) is 0. The van der Waals surface area contributed by atoms with E-state index in [4.69, 9.17) is 4.74 Å². The summed E-state index contributed by atoms with van der Waals surface area (Å²) in [6.45, 7) is 6.80. The highest BCUT2D eigenvalue weighted by molar-refractivity contribution is 9.10. The van der Waals surface area contributed by atoms with Crippen molar-refractivity contribution in [3.05, 3.63) is 44.7 Å². The molecule has 1 aromatic carbocycles. The van der Waals surface area contributed by atoms with Gasteiger partial charge in [-0.3, -0.25) is 4.79 Å². The van der Waals surface area contributed by atoms with Crippen molar-refractivity contribution in [1.29, 1.82) is 0 Å². The lowest BCUT2D eigenvalue weighted by molar-refractivity contribution is -0.147. The van der Waals surface area contributed by atoms with Crippen molar-refractivity contribution in [2.24, 2.45) is 17.3 Å². The second-order valence-corrected chi connectivity index (χ2v) is 8.12. The smallest absolute Gasteiger partial charge is 0.310 e. The number of ether oxygens (including phenoxy) is 2. The minimum absolute atomic E-state index is 0.0332. The van der Waals surface area contributed by atoms with Crippen molar-refractivity contribution in [1.82, 2.24) is 0 Å². The molecule has 0 aromatic heterocycles. The number of rotatable bonds is 6. The molecule has 1 aromatic rings. The number of esters is 1. The molecule has 0 bridgehead atoms. The number of carbonyl (C=O) groups is 1. The largest absolute Gasteiger partial charge is 0.460 e. The molecule has 0 radical (unpaired) electrons. The minimum atomic E-state index is -1.34. The lowest BCUT2D eigenvalue weighted by atomic mass is 10.1. The van der Waals surface area contributed by atoms with Crippen molar-refractivity contribution < 1.29 is 27.4 Å². The predicted octanol–water partition coefficient (Wildman–Crippen LogP) is 5.29. The van der Waals surface area contributed by atoms with E-state index in [2.05, 4.69) is 20.7 Å². The van der Waals surface area contributed by atoms with Crippen LogP contribution in [-0.4, -0.2) is 13.1 Å². The Bertz CT molecular complexity index is 726. The predicted molar refractivity (Wildman–Crippen MR) is 94.7 cm³/mol. The third-order valence-electron chi connectivity index (χ3n) is 4.77. The van der Waals surface area contributed by atoms with Gasteiger partial charge in [-0.1, -0.05) is 25.5 Å². The lowest BCUT2D eigenvalue weighted by Gasteiger charge is -2.13. The molecule has 1 fully saturated rings. The number of methoxy groups -OCH3 is 1. The van der Waals surface area contributed by atoms with Crippen molar-refractivity contribution in [3.8, 4) is 0 Å². The summed E-state index contributed by atoms with van der Waals surface area (Å²) in [6.07, 6.45) is 2.00. The number of halogens is 4. The van der Waals surface area contributed by atoms with Gasteiger partial charge >= 0.3 is 5.97 Å². The summed E-state index contributed by atoms with van der Waals surface area (Å²) in [4.78, 5) is 12.4. The molecule has 26 heavy (non-hydrogen) atoms. The van der Waals surface area contributed by atoms with E-state index < -0.39 is 42.2 Å². The zero-order chi connectivity index (χ0) is 19.8. The Hall–Kier alpha value is -1.34. The van der Waals surface area contributed by atoms with Crippen molar-refractivity contribution in [2.75, 3.05) is 7.11 Å². The first-order chi connectivity index (χ1) is 12.0. The molecular weight excluding hydrogens is 413 g/mol. The van der Waals surface area contributed by atoms with Gasteiger partial charge in [0.25, 0.3) is 0 Å². The molecule has 0 heterocycles. The zero-order valence-electron chi connectivity index (χ0n) is 15.4. The Labute approximate surface area is 159 Å². The fourth-order valence-electron chi connectivity index (χ4n) is 3.15. The van der Waals surface area contributed by atoms with E-state index in [9.17, 15) is 18.0 Å². The highest BCUT2D eigenvalue weighted by atomic mass is 79.9. The maximum Gasteiger partial charge on any atom is 0.310 e. The summed E-state index contributed by atoms with van der Waals surface area (Å²) < 4.78 is 52.1. The van der Waals surface area contributed by atoms with Gasteiger partial charge in [0.05, 0.1) is 22.6 Å². The van der Waals surface area contributed by atoms with E-state index >= 15 is 0 Å². The first-order valence-corrected chi connectivity index (χ1v) is 8.97. The van der Waals surface area contributed by atoms with Crippen molar-refractivity contribution in [2.45, 2.75) is 40.9 Å². The first kappa shape index (κ1) is 21.0. The molecule has 1 aliphatic carbocycles. The van der Waals surface area contributed by atoms with Crippen LogP contribution in [0.4, 0.5) is 13.2 Å². The average Bonchev–Trinajstić information content (AvgIpc) is 3.09. The van der Waals surface area contributed by atoms with Gasteiger partial charge < -0.3 is 9.47 Å². The third kappa shape index (κ3) is 3.83. The molecule has 0 spiro atoms. The molecule has 1 saturated carbocycles. The fourth-order valence-corrected chi connectivity index (χ4v) is 3.68. The van der Waals surface area contributed by atoms with Crippen LogP contribution in [-0.2, 0) is 27.5 Å². The van der Waals surface area contributed by atoms with Crippen LogP contribution in [0.3, 0.4) is 0 Å². The summed E-state index contributed by atoms with van der Waals surface area (Å²) in [5.74, 6) is -4.40. The molecule has 1 aliphatic rings. The second-order valence-electron chi connectivity index (χ2n) is 7.32. The normalized spacial score (nSPS) is 20.7. The van der Waals surface area contributed by atoms with Crippen LogP contribution in [0.1, 0.15) is 38.8 Å². The molecule has 0 aliphatic heterocycles. The second kappa shape index (κ2) is 7.72. The monoisotopic (exact) mass is 434 g/mol. The quantitative estimate of drug-likeness (QED) is 0.346. The topological polar surface area (TPSA) is 35.5 Å². The van der Waals surface area contributed by atoms with Gasteiger partial charge in [0.1, 0.15) is 12.4 Å². The Morgan fingerprint density at radius 1 is 1.12 bits per heavy atom. The maximum absolute atomic E-state index is 14.3. The van der Waals surface area contributed by atoms with Crippen molar-refractivity contribution >= 4 is 21.9 Å². The summed E-state index contributed by atoms with van der Waals surface area (Å²) in [7, 11) is 1.25. The molecule has 3 nitrogen and oxygen atoms in total. The van der Waals surface area contributed by atoms with Crippen LogP contribution in [0, 0.1) is 34.7 Å². The van der Waals surface area contributed by atoms with E-state index in [0.717, 1.165) is 5.57 Å². The van der Waals surface area contributed by atoms with Gasteiger partial charge in [-0.2, -0.15) is 0 Å². The lowest BCUT2D eigenvalue weighted by Crippen LogP contribution is -2.13. The van der Waals surface area contributed by atoms with Crippen LogP contribution in [0.5, 0.6) is 0 Å². The number of hydrogen-bond donors (Lipinski definition) is 0. The number of carbonyl (C=O) groups excluding carboxylic acids is 1. The Morgan fingerprint density at radius 2 is 1.69 bits per heavy atom. The average molecular weight is 435 g/mol. The standard InChI is InChI=1S/C19H22BrF3O3/c1-9(2)6-12-13(19(12,3)4)18(24)26-8-10-14(20)15(21)11(7-25-5)17(23)16(10)22/h6,12-13H,7-8H2,1-5H3/t12-,13+/m1/s1. The van der Waals surface area contributed by atoms with Crippen LogP contribution < -0.4 is 0 Å². The van der Waals surface area contributed by atoms with E-state index in [0.29, 0.717) is 0 Å². The Kier molecular flexibility index (Phi) is 6.23. The van der Waals surface area contributed by atoms with Gasteiger partial charge in [0.15, 0.2) is 11.6 Å². The molecule has 7 heteroatoms. The van der Waals surface area contributed by atoms with E-state index in [-0.39, 0.29) is 27.3 Å². The highest BCUT2D eigenvalue weighted by Crippen LogP contribution is 2.59. The number of hydrogen-bond acceptors (Lipinski definition) is 3. The van der Waals surface area contributed by atoms with Gasteiger partial charge in [-0.15, -0.1) is 0 Å². The van der Waals surface area contributed by atoms with Gasteiger partial charge in [0, 0.05) is 12.7 Å².